The van der Waals surface area contributed by atoms with Crippen molar-refractivity contribution in [1.82, 2.24) is 0 Å². The number of Topliss-reactive ketones (excluding diaryl/α,β-unsaturated/α-hetero) is 1. The van der Waals surface area contributed by atoms with Gasteiger partial charge in [0.25, 0.3) is 0 Å². The molecule has 150 valence electrons. The highest BCUT2D eigenvalue weighted by Crippen LogP contribution is 2.74. The van der Waals surface area contributed by atoms with Crippen molar-refractivity contribution in [1.29, 1.82) is 0 Å². The standard InChI is InChI=1S/C23H29NO4/c1-12-10-24(27)11-14-6-4-13-5-7-15-17(21(26)28-3)9-23(19(13)15)20(25)16(12)8-18(24)22(14,23)2/h12,14,16,18H,4-11H2,1-3H3/t12-,14-,16-,18-,22-,23+,24?/m1/s1. The second kappa shape index (κ2) is 4.99. The third-order valence-electron chi connectivity index (χ3n) is 9.87. The number of nitrogens with zero attached hydrogens (tertiary/aromatic N) is 1. The minimum atomic E-state index is -0.661. The van der Waals surface area contributed by atoms with E-state index in [0.717, 1.165) is 43.3 Å². The summed E-state index contributed by atoms with van der Waals surface area (Å²) in [6, 6.07) is -0.0119. The maximum atomic E-state index is 14.3. The summed E-state index contributed by atoms with van der Waals surface area (Å²) in [5.74, 6) is 0.405. The molecule has 0 aromatic carbocycles. The van der Waals surface area contributed by atoms with Crippen LogP contribution in [0.2, 0.25) is 0 Å². The van der Waals surface area contributed by atoms with E-state index >= 15 is 0 Å². The largest absolute Gasteiger partial charge is 0.633 e. The van der Waals surface area contributed by atoms with Crippen molar-refractivity contribution in [2.45, 2.75) is 58.4 Å². The SMILES string of the molecule is COC(=O)C1=C2CCC3=C2[C@@]2(C1)C(=O)[C@@H]1C[C@@H]4[C@@]2(C)[C@H](CC3)C[N+]4([O-])C[C@H]1C. The predicted molar refractivity (Wildman–Crippen MR) is 103 cm³/mol. The number of hydroxylamine groups is 3. The van der Waals surface area contributed by atoms with Crippen LogP contribution in [-0.2, 0) is 14.3 Å². The second-order valence-corrected chi connectivity index (χ2v) is 10.5. The number of ether oxygens (including phenoxy) is 1. The molecule has 2 aliphatic heterocycles. The van der Waals surface area contributed by atoms with Gasteiger partial charge in [0.2, 0.25) is 0 Å². The summed E-state index contributed by atoms with van der Waals surface area (Å²) in [5, 5.41) is 14.0. The zero-order chi connectivity index (χ0) is 19.6. The quantitative estimate of drug-likeness (QED) is 0.396. The molecule has 0 N–H and O–H groups in total. The van der Waals surface area contributed by atoms with Gasteiger partial charge in [0, 0.05) is 35.2 Å². The van der Waals surface area contributed by atoms with Crippen LogP contribution in [0.5, 0.6) is 0 Å². The van der Waals surface area contributed by atoms with E-state index in [2.05, 4.69) is 13.8 Å². The van der Waals surface area contributed by atoms with E-state index < -0.39 is 5.41 Å². The predicted octanol–water partition coefficient (Wildman–Crippen LogP) is 3.29. The zero-order valence-electron chi connectivity index (χ0n) is 17.0. The topological polar surface area (TPSA) is 66.4 Å². The van der Waals surface area contributed by atoms with Crippen molar-refractivity contribution in [3.8, 4) is 0 Å². The first kappa shape index (κ1) is 17.4. The number of rotatable bonds is 1. The Labute approximate surface area is 166 Å². The second-order valence-electron chi connectivity index (χ2n) is 10.5. The number of methoxy groups -OCH3 is 1. The minimum Gasteiger partial charge on any atom is -0.633 e. The third kappa shape index (κ3) is 1.59. The Morgan fingerprint density at radius 3 is 2.79 bits per heavy atom. The Kier molecular flexibility index (Phi) is 3.10. The number of piperidine rings is 1. The summed E-state index contributed by atoms with van der Waals surface area (Å²) in [7, 11) is 1.44. The molecule has 1 spiro atoms. The summed E-state index contributed by atoms with van der Waals surface area (Å²) < 4.78 is 5.03. The van der Waals surface area contributed by atoms with Gasteiger partial charge in [0.1, 0.15) is 5.78 Å². The normalized spacial score (nSPS) is 50.8. The average molecular weight is 383 g/mol. The van der Waals surface area contributed by atoms with Gasteiger partial charge in [-0.1, -0.05) is 19.4 Å². The number of hydrogen-bond acceptors (Lipinski definition) is 4. The summed E-state index contributed by atoms with van der Waals surface area (Å²) >= 11 is 0. The van der Waals surface area contributed by atoms with Gasteiger partial charge in [-0.3, -0.25) is 4.79 Å². The molecule has 4 aliphatic carbocycles. The molecule has 0 amide bonds. The van der Waals surface area contributed by atoms with Crippen molar-refractivity contribution < 1.29 is 19.0 Å². The molecule has 5 nitrogen and oxygen atoms in total. The molecule has 5 heteroatoms. The molecule has 7 atom stereocenters. The summed E-state index contributed by atoms with van der Waals surface area (Å²) in [4.78, 5) is 27.0. The van der Waals surface area contributed by atoms with Crippen molar-refractivity contribution >= 4 is 11.8 Å². The van der Waals surface area contributed by atoms with Crippen LogP contribution in [0.3, 0.4) is 0 Å². The highest BCUT2D eigenvalue weighted by molar-refractivity contribution is 6.01. The van der Waals surface area contributed by atoms with Crippen LogP contribution < -0.4 is 0 Å². The van der Waals surface area contributed by atoms with Crippen LogP contribution in [0.1, 0.15) is 52.4 Å². The Balaban J connectivity index is 1.65. The molecule has 0 radical (unpaired) electrons. The summed E-state index contributed by atoms with van der Waals surface area (Å²) in [6.07, 6.45) is 5.03. The van der Waals surface area contributed by atoms with E-state index in [1.807, 2.05) is 0 Å². The van der Waals surface area contributed by atoms with E-state index in [9.17, 15) is 14.8 Å². The Bertz CT molecular complexity index is 902. The molecule has 2 heterocycles. The van der Waals surface area contributed by atoms with E-state index in [1.54, 1.807) is 0 Å². The molecule has 3 fully saturated rings. The van der Waals surface area contributed by atoms with Crippen molar-refractivity contribution in [2.75, 3.05) is 20.2 Å². The van der Waals surface area contributed by atoms with Gasteiger partial charge in [0.15, 0.2) is 0 Å². The van der Waals surface area contributed by atoms with Crippen LogP contribution in [-0.4, -0.2) is 42.6 Å². The molecule has 0 aromatic rings. The number of hydrogen-bond donors (Lipinski definition) is 0. The van der Waals surface area contributed by atoms with Gasteiger partial charge in [-0.2, -0.15) is 0 Å². The molecule has 6 rings (SSSR count). The van der Waals surface area contributed by atoms with Gasteiger partial charge in [0.05, 0.1) is 31.7 Å². The molecule has 1 unspecified atom stereocenters. The molecular formula is C23H29NO4. The maximum Gasteiger partial charge on any atom is 0.334 e. The number of ketones is 1. The Hall–Kier alpha value is -1.46. The number of carbonyl (C=O) groups excluding carboxylic acids is 2. The smallest absolute Gasteiger partial charge is 0.334 e. The van der Waals surface area contributed by atoms with E-state index in [4.69, 9.17) is 4.74 Å². The lowest BCUT2D eigenvalue weighted by atomic mass is 9.45. The first-order valence-electron chi connectivity index (χ1n) is 10.9. The van der Waals surface area contributed by atoms with E-state index in [1.165, 1.54) is 18.3 Å². The first-order valence-corrected chi connectivity index (χ1v) is 10.9. The van der Waals surface area contributed by atoms with Gasteiger partial charge in [-0.05, 0) is 43.3 Å². The molecule has 6 aliphatic rings. The highest BCUT2D eigenvalue weighted by atomic mass is 16.6. The van der Waals surface area contributed by atoms with Crippen LogP contribution in [0, 0.1) is 33.8 Å². The fraction of sp³-hybridized carbons (Fsp3) is 0.739. The van der Waals surface area contributed by atoms with Crippen molar-refractivity contribution in [3.63, 3.8) is 0 Å². The van der Waals surface area contributed by atoms with Crippen LogP contribution in [0.25, 0.3) is 0 Å². The highest BCUT2D eigenvalue weighted by Gasteiger charge is 2.78. The van der Waals surface area contributed by atoms with Gasteiger partial charge < -0.3 is 14.6 Å². The Morgan fingerprint density at radius 1 is 1.25 bits per heavy atom. The fourth-order valence-corrected chi connectivity index (χ4v) is 8.80. The number of allylic oxidation sites excluding steroid dienone is 3. The molecule has 2 saturated heterocycles. The molecule has 2 bridgehead atoms. The molecule has 0 aromatic heterocycles. The first-order chi connectivity index (χ1) is 13.3. The number of esters is 1. The van der Waals surface area contributed by atoms with Gasteiger partial charge in [-0.25, -0.2) is 4.79 Å². The lowest BCUT2D eigenvalue weighted by Gasteiger charge is -2.62. The molecule has 1 saturated carbocycles. The zero-order valence-corrected chi connectivity index (χ0v) is 17.0. The number of fused-ring (bicyclic) bond motifs is 1. The van der Waals surface area contributed by atoms with Crippen molar-refractivity contribution in [3.05, 3.63) is 27.5 Å². The van der Waals surface area contributed by atoms with E-state index in [0.29, 0.717) is 25.3 Å². The summed E-state index contributed by atoms with van der Waals surface area (Å²) in [5.41, 5.74) is 3.41. The number of carbonyl (C=O) groups is 2. The summed E-state index contributed by atoms with van der Waals surface area (Å²) in [6.45, 7) is 5.58. The monoisotopic (exact) mass is 383 g/mol. The average Bonchev–Trinajstić information content (AvgIpc) is 3.26. The third-order valence-corrected chi connectivity index (χ3v) is 9.87. The van der Waals surface area contributed by atoms with Crippen LogP contribution in [0.4, 0.5) is 0 Å². The van der Waals surface area contributed by atoms with E-state index in [-0.39, 0.29) is 39.8 Å². The molecular weight excluding hydrogens is 354 g/mol. The fourth-order valence-electron chi connectivity index (χ4n) is 8.80. The minimum absolute atomic E-state index is 0.0119. The van der Waals surface area contributed by atoms with Gasteiger partial charge >= 0.3 is 5.97 Å². The number of quaternary nitrogens is 1. The van der Waals surface area contributed by atoms with Crippen LogP contribution in [0.15, 0.2) is 22.3 Å². The van der Waals surface area contributed by atoms with Crippen LogP contribution >= 0.6 is 0 Å². The Morgan fingerprint density at radius 2 is 2.04 bits per heavy atom. The van der Waals surface area contributed by atoms with Gasteiger partial charge in [-0.15, -0.1) is 0 Å². The lowest BCUT2D eigenvalue weighted by Crippen LogP contribution is -2.68. The lowest BCUT2D eigenvalue weighted by molar-refractivity contribution is -0.908. The maximum absolute atomic E-state index is 14.3. The molecule has 28 heavy (non-hydrogen) atoms. The van der Waals surface area contributed by atoms with Crippen molar-refractivity contribution in [2.24, 2.45) is 28.6 Å².